The van der Waals surface area contributed by atoms with Gasteiger partial charge in [-0.1, -0.05) is 243 Å². The fourth-order valence-corrected chi connectivity index (χ4v) is 7.61. The summed E-state index contributed by atoms with van der Waals surface area (Å²) in [5.41, 5.74) is 0. The second-order valence-electron chi connectivity index (χ2n) is 17.8. The minimum absolute atomic E-state index is 0.0710. The lowest BCUT2D eigenvalue weighted by Crippen LogP contribution is -2.30. The molecule has 0 aromatic carbocycles. The molecular weight excluding hydrogens is 769 g/mol. The highest BCUT2D eigenvalue weighted by molar-refractivity contribution is 5.71. The molecule has 0 rings (SSSR count). The van der Waals surface area contributed by atoms with Crippen LogP contribution in [0.15, 0.2) is 48.6 Å². The van der Waals surface area contributed by atoms with Crippen LogP contribution in [0.25, 0.3) is 0 Å². The Labute approximate surface area is 384 Å². The molecule has 0 amide bonds. The predicted octanol–water partition coefficient (Wildman–Crippen LogP) is 17.5. The number of unbranched alkanes of at least 4 members (excludes halogenated alkanes) is 29. The fraction of sp³-hybridized carbons (Fsp3) is 0.804. The van der Waals surface area contributed by atoms with Crippen molar-refractivity contribution in [3.8, 4) is 0 Å². The lowest BCUT2D eigenvalue weighted by molar-refractivity contribution is -0.167. The highest BCUT2D eigenvalue weighted by Crippen LogP contribution is 2.16. The molecule has 0 radical (unpaired) electrons. The Balaban J connectivity index is 4.17. The Morgan fingerprint density at radius 1 is 0.339 bits per heavy atom. The second-order valence-corrected chi connectivity index (χ2v) is 17.8. The third-order valence-corrected chi connectivity index (χ3v) is 11.6. The van der Waals surface area contributed by atoms with Gasteiger partial charge in [-0.25, -0.2) is 0 Å². The number of ether oxygens (including phenoxy) is 3. The van der Waals surface area contributed by atoms with Crippen molar-refractivity contribution in [3.63, 3.8) is 0 Å². The summed E-state index contributed by atoms with van der Waals surface area (Å²) in [7, 11) is 0. The summed E-state index contributed by atoms with van der Waals surface area (Å²) in [6, 6.07) is 0. The Bertz CT molecular complexity index is 1090. The van der Waals surface area contributed by atoms with Crippen LogP contribution >= 0.6 is 0 Å². The van der Waals surface area contributed by atoms with Crippen LogP contribution < -0.4 is 0 Å². The normalized spacial score (nSPS) is 12.4. The van der Waals surface area contributed by atoms with Gasteiger partial charge in [-0.2, -0.15) is 0 Å². The lowest BCUT2D eigenvalue weighted by Gasteiger charge is -2.18. The summed E-state index contributed by atoms with van der Waals surface area (Å²) in [4.78, 5) is 37.8. The number of esters is 3. The zero-order valence-corrected chi connectivity index (χ0v) is 41.1. The maximum absolute atomic E-state index is 12.8. The van der Waals surface area contributed by atoms with Gasteiger partial charge < -0.3 is 14.2 Å². The first-order valence-corrected chi connectivity index (χ1v) is 26.6. The quantitative estimate of drug-likeness (QED) is 0.0262. The van der Waals surface area contributed by atoms with Crippen LogP contribution in [0.3, 0.4) is 0 Å². The summed E-state index contributed by atoms with van der Waals surface area (Å²) >= 11 is 0. The standard InChI is InChI=1S/C56H100O6/c1-4-7-10-13-16-18-20-22-24-25-26-27-28-29-30-31-32-34-35-37-40-43-46-49-55(58)61-52-53(51-60-54(57)48-45-42-39-15-12-9-6-3)62-56(59)50-47-44-41-38-36-33-23-21-19-17-14-11-8-5-2/h7,10,16,18,22,24,26-27,53H,4-6,8-9,11-15,17,19-21,23,25,28-52H2,1-3H3/b10-7-,18-16-,24-22-,27-26-. The molecule has 360 valence electrons. The molecule has 0 heterocycles. The van der Waals surface area contributed by atoms with Gasteiger partial charge in [0.15, 0.2) is 6.10 Å². The molecule has 6 nitrogen and oxygen atoms in total. The number of hydrogen-bond donors (Lipinski definition) is 0. The zero-order chi connectivity index (χ0) is 45.1. The average Bonchev–Trinajstić information content (AvgIpc) is 3.27. The van der Waals surface area contributed by atoms with E-state index in [9.17, 15) is 14.4 Å². The van der Waals surface area contributed by atoms with E-state index in [2.05, 4.69) is 69.4 Å². The lowest BCUT2D eigenvalue weighted by atomic mass is 10.0. The molecular formula is C56H100O6. The molecule has 0 aromatic heterocycles. The van der Waals surface area contributed by atoms with Crippen molar-refractivity contribution in [2.24, 2.45) is 0 Å². The molecule has 0 aliphatic carbocycles. The molecule has 62 heavy (non-hydrogen) atoms. The number of allylic oxidation sites excluding steroid dienone is 8. The molecule has 0 saturated heterocycles. The van der Waals surface area contributed by atoms with E-state index in [1.54, 1.807) is 0 Å². The number of carbonyl (C=O) groups is 3. The molecule has 6 heteroatoms. The zero-order valence-electron chi connectivity index (χ0n) is 41.1. The van der Waals surface area contributed by atoms with E-state index >= 15 is 0 Å². The van der Waals surface area contributed by atoms with Crippen molar-refractivity contribution < 1.29 is 28.6 Å². The Morgan fingerprint density at radius 2 is 0.629 bits per heavy atom. The summed E-state index contributed by atoms with van der Waals surface area (Å²) in [6.45, 7) is 6.50. The van der Waals surface area contributed by atoms with Crippen LogP contribution in [0.4, 0.5) is 0 Å². The van der Waals surface area contributed by atoms with E-state index in [1.807, 2.05) is 0 Å². The highest BCUT2D eigenvalue weighted by atomic mass is 16.6. The molecule has 0 bridgehead atoms. The van der Waals surface area contributed by atoms with E-state index in [0.29, 0.717) is 19.3 Å². The summed E-state index contributed by atoms with van der Waals surface area (Å²) in [6.07, 6.45) is 61.1. The van der Waals surface area contributed by atoms with Crippen LogP contribution in [-0.2, 0) is 28.6 Å². The van der Waals surface area contributed by atoms with Gasteiger partial charge in [-0.05, 0) is 57.8 Å². The molecule has 1 unspecified atom stereocenters. The van der Waals surface area contributed by atoms with Gasteiger partial charge in [-0.3, -0.25) is 14.4 Å². The van der Waals surface area contributed by atoms with Crippen molar-refractivity contribution in [2.75, 3.05) is 13.2 Å². The number of rotatable bonds is 48. The van der Waals surface area contributed by atoms with Crippen molar-refractivity contribution in [2.45, 2.75) is 277 Å². The fourth-order valence-electron chi connectivity index (χ4n) is 7.61. The Hall–Kier alpha value is -2.63. The summed E-state index contributed by atoms with van der Waals surface area (Å²) < 4.78 is 16.7. The molecule has 0 N–H and O–H groups in total. The van der Waals surface area contributed by atoms with E-state index < -0.39 is 6.10 Å². The van der Waals surface area contributed by atoms with Crippen LogP contribution in [0, 0.1) is 0 Å². The van der Waals surface area contributed by atoms with Gasteiger partial charge >= 0.3 is 17.9 Å². The average molecular weight is 869 g/mol. The minimum atomic E-state index is -0.768. The van der Waals surface area contributed by atoms with Crippen LogP contribution in [0.2, 0.25) is 0 Å². The van der Waals surface area contributed by atoms with Crippen LogP contribution in [0.5, 0.6) is 0 Å². The smallest absolute Gasteiger partial charge is 0.306 e. The van der Waals surface area contributed by atoms with Gasteiger partial charge in [-0.15, -0.1) is 0 Å². The molecule has 0 fully saturated rings. The number of carbonyl (C=O) groups excluding carboxylic acids is 3. The first kappa shape index (κ1) is 59.4. The third kappa shape index (κ3) is 48.4. The van der Waals surface area contributed by atoms with E-state index in [4.69, 9.17) is 14.2 Å². The monoisotopic (exact) mass is 869 g/mol. The second kappa shape index (κ2) is 51.0. The first-order valence-electron chi connectivity index (χ1n) is 26.6. The van der Waals surface area contributed by atoms with E-state index in [0.717, 1.165) is 83.5 Å². The van der Waals surface area contributed by atoms with Gasteiger partial charge in [0.05, 0.1) is 0 Å². The molecule has 0 saturated carbocycles. The van der Waals surface area contributed by atoms with Gasteiger partial charge in [0, 0.05) is 19.3 Å². The topological polar surface area (TPSA) is 78.9 Å². The summed E-state index contributed by atoms with van der Waals surface area (Å²) in [5, 5.41) is 0. The number of hydrogen-bond acceptors (Lipinski definition) is 6. The summed E-state index contributed by atoms with van der Waals surface area (Å²) in [5.74, 6) is -0.872. The first-order chi connectivity index (χ1) is 30.5. The maximum Gasteiger partial charge on any atom is 0.306 e. The molecule has 0 aliphatic rings. The molecule has 1 atom stereocenters. The highest BCUT2D eigenvalue weighted by Gasteiger charge is 2.19. The minimum Gasteiger partial charge on any atom is -0.462 e. The van der Waals surface area contributed by atoms with Crippen molar-refractivity contribution in [3.05, 3.63) is 48.6 Å². The van der Waals surface area contributed by atoms with Crippen molar-refractivity contribution in [1.29, 1.82) is 0 Å². The van der Waals surface area contributed by atoms with E-state index in [1.165, 1.54) is 148 Å². The van der Waals surface area contributed by atoms with E-state index in [-0.39, 0.29) is 31.1 Å². The Morgan fingerprint density at radius 3 is 0.984 bits per heavy atom. The van der Waals surface area contributed by atoms with Crippen molar-refractivity contribution >= 4 is 17.9 Å². The molecule has 0 aromatic rings. The van der Waals surface area contributed by atoms with Crippen LogP contribution in [0.1, 0.15) is 271 Å². The predicted molar refractivity (Wildman–Crippen MR) is 265 cm³/mol. The van der Waals surface area contributed by atoms with Crippen LogP contribution in [-0.4, -0.2) is 37.2 Å². The van der Waals surface area contributed by atoms with Gasteiger partial charge in [0.1, 0.15) is 13.2 Å². The SMILES string of the molecule is CC/C=C\C/C=C\C/C=C\C/C=C\CCCCCCCCCCCCC(=O)OCC(COC(=O)CCCCCCCCC)OC(=O)CCCCCCCCCCCCCCCC. The largest absolute Gasteiger partial charge is 0.462 e. The molecule has 0 spiro atoms. The maximum atomic E-state index is 12.8. The molecule has 0 aliphatic heterocycles. The van der Waals surface area contributed by atoms with Gasteiger partial charge in [0.25, 0.3) is 0 Å². The Kier molecular flexibility index (Phi) is 48.8. The van der Waals surface area contributed by atoms with Gasteiger partial charge in [0.2, 0.25) is 0 Å². The third-order valence-electron chi connectivity index (χ3n) is 11.6. The van der Waals surface area contributed by atoms with Crippen molar-refractivity contribution in [1.82, 2.24) is 0 Å².